The van der Waals surface area contributed by atoms with E-state index >= 15 is 0 Å². The molecule has 0 aliphatic heterocycles. The molecule has 3 aromatic rings. The maximum atomic E-state index is 12.6. The first kappa shape index (κ1) is 20.6. The number of nitriles is 1. The normalized spacial score (nSPS) is 10.1. The van der Waals surface area contributed by atoms with E-state index in [0.29, 0.717) is 34.7 Å². The minimum absolute atomic E-state index is 0.0724. The maximum absolute atomic E-state index is 12.6. The van der Waals surface area contributed by atoms with Crippen molar-refractivity contribution in [1.29, 1.82) is 5.26 Å². The first-order valence-corrected chi connectivity index (χ1v) is 9.10. The van der Waals surface area contributed by atoms with Gasteiger partial charge in [0.2, 0.25) is 5.56 Å². The highest BCUT2D eigenvalue weighted by molar-refractivity contribution is 5.99. The zero-order valence-corrected chi connectivity index (χ0v) is 16.3. The molecule has 0 atom stereocenters. The molecule has 0 radical (unpaired) electrons. The maximum Gasteiger partial charge on any atom is 0.276 e. The first-order chi connectivity index (χ1) is 14.6. The first-order valence-electron chi connectivity index (χ1n) is 9.10. The number of methoxy groups -OCH3 is 1. The predicted molar refractivity (Wildman–Crippen MR) is 111 cm³/mol. The van der Waals surface area contributed by atoms with Crippen molar-refractivity contribution in [3.05, 3.63) is 93.4 Å². The van der Waals surface area contributed by atoms with Crippen molar-refractivity contribution in [1.82, 2.24) is 10.5 Å². The van der Waals surface area contributed by atoms with E-state index in [0.717, 1.165) is 5.56 Å². The number of para-hydroxylation sites is 1. The van der Waals surface area contributed by atoms with Gasteiger partial charge in [-0.25, -0.2) is 5.48 Å². The van der Waals surface area contributed by atoms with Crippen LogP contribution in [-0.4, -0.2) is 18.0 Å². The summed E-state index contributed by atoms with van der Waals surface area (Å²) >= 11 is 0. The molecule has 0 spiro atoms. The van der Waals surface area contributed by atoms with Gasteiger partial charge in [-0.3, -0.25) is 14.4 Å². The number of ether oxygens (including phenoxy) is 1. The van der Waals surface area contributed by atoms with Crippen molar-refractivity contribution in [3.63, 3.8) is 0 Å². The van der Waals surface area contributed by atoms with E-state index in [-0.39, 0.29) is 12.2 Å². The second-order valence-corrected chi connectivity index (χ2v) is 6.32. The van der Waals surface area contributed by atoms with E-state index in [9.17, 15) is 9.59 Å². The van der Waals surface area contributed by atoms with Gasteiger partial charge in [0.25, 0.3) is 5.91 Å². The topological polar surface area (TPSA) is 116 Å². The SMILES string of the molecule is COc1cc(C#N)ccc1CONC(=O)c1ccccc1NCc1cc[nH]c(=O)c1. The van der Waals surface area contributed by atoms with Crippen molar-refractivity contribution < 1.29 is 14.4 Å². The van der Waals surface area contributed by atoms with Gasteiger partial charge in [-0.05, 0) is 35.9 Å². The summed E-state index contributed by atoms with van der Waals surface area (Å²) < 4.78 is 5.25. The second-order valence-electron chi connectivity index (χ2n) is 6.32. The predicted octanol–water partition coefficient (Wildman–Crippen LogP) is 2.73. The monoisotopic (exact) mass is 404 g/mol. The van der Waals surface area contributed by atoms with E-state index in [1.807, 2.05) is 6.07 Å². The summed E-state index contributed by atoms with van der Waals surface area (Å²) in [7, 11) is 1.50. The lowest BCUT2D eigenvalue weighted by atomic mass is 10.1. The fourth-order valence-electron chi connectivity index (χ4n) is 2.80. The molecule has 8 heteroatoms. The molecule has 0 aliphatic carbocycles. The Hall–Kier alpha value is -4.09. The number of aromatic amines is 1. The third-order valence-electron chi connectivity index (χ3n) is 4.30. The van der Waals surface area contributed by atoms with E-state index in [1.54, 1.807) is 54.7 Å². The number of anilines is 1. The average molecular weight is 404 g/mol. The Labute approximate surface area is 173 Å². The standard InChI is InChI=1S/C22H20N4O4/c1-29-20-10-15(12-23)6-7-17(20)14-30-26-22(28)18-4-2-3-5-19(18)25-13-16-8-9-24-21(27)11-16/h2-11,25H,13-14H2,1H3,(H,24,27)(H,26,28). The number of benzene rings is 2. The Morgan fingerprint density at radius 1 is 1.17 bits per heavy atom. The number of rotatable bonds is 8. The minimum atomic E-state index is -0.420. The Balaban J connectivity index is 1.62. The van der Waals surface area contributed by atoms with Crippen LogP contribution in [0.4, 0.5) is 5.69 Å². The molecule has 30 heavy (non-hydrogen) atoms. The quantitative estimate of drug-likeness (QED) is 0.497. The lowest BCUT2D eigenvalue weighted by Gasteiger charge is -2.13. The van der Waals surface area contributed by atoms with Crippen LogP contribution in [0.25, 0.3) is 0 Å². The number of nitrogens with one attached hydrogen (secondary N) is 3. The van der Waals surface area contributed by atoms with Crippen LogP contribution in [0.1, 0.15) is 27.0 Å². The Kier molecular flexibility index (Phi) is 6.82. The van der Waals surface area contributed by atoms with Gasteiger partial charge in [0.1, 0.15) is 12.4 Å². The third kappa shape index (κ3) is 5.25. The number of aromatic nitrogens is 1. The van der Waals surface area contributed by atoms with Gasteiger partial charge in [0, 0.05) is 30.1 Å². The highest BCUT2D eigenvalue weighted by Gasteiger charge is 2.12. The van der Waals surface area contributed by atoms with Crippen LogP contribution in [0, 0.1) is 11.3 Å². The highest BCUT2D eigenvalue weighted by atomic mass is 16.7. The molecule has 1 aromatic heterocycles. The zero-order chi connectivity index (χ0) is 21.3. The minimum Gasteiger partial charge on any atom is -0.496 e. The van der Waals surface area contributed by atoms with Gasteiger partial charge in [-0.2, -0.15) is 5.26 Å². The molecule has 0 fully saturated rings. The van der Waals surface area contributed by atoms with E-state index in [2.05, 4.69) is 15.8 Å². The van der Waals surface area contributed by atoms with Crippen LogP contribution in [-0.2, 0) is 18.0 Å². The van der Waals surface area contributed by atoms with Crippen LogP contribution in [0.2, 0.25) is 0 Å². The third-order valence-corrected chi connectivity index (χ3v) is 4.30. The van der Waals surface area contributed by atoms with Gasteiger partial charge in [-0.15, -0.1) is 0 Å². The number of pyridine rings is 1. The summed E-state index contributed by atoms with van der Waals surface area (Å²) in [4.78, 5) is 31.9. The number of hydrogen-bond donors (Lipinski definition) is 3. The lowest BCUT2D eigenvalue weighted by molar-refractivity contribution is 0.0228. The van der Waals surface area contributed by atoms with Crippen molar-refractivity contribution in [2.24, 2.45) is 0 Å². The Bertz CT molecular complexity index is 1130. The van der Waals surface area contributed by atoms with Crippen molar-refractivity contribution in [2.75, 3.05) is 12.4 Å². The van der Waals surface area contributed by atoms with Gasteiger partial charge < -0.3 is 15.0 Å². The number of amides is 1. The zero-order valence-electron chi connectivity index (χ0n) is 16.3. The molecule has 0 unspecified atom stereocenters. The van der Waals surface area contributed by atoms with Gasteiger partial charge in [-0.1, -0.05) is 18.2 Å². The van der Waals surface area contributed by atoms with Crippen LogP contribution in [0.15, 0.2) is 65.6 Å². The summed E-state index contributed by atoms with van der Waals surface area (Å²) in [5, 5.41) is 12.1. The largest absolute Gasteiger partial charge is 0.496 e. The fourth-order valence-corrected chi connectivity index (χ4v) is 2.80. The molecule has 8 nitrogen and oxygen atoms in total. The van der Waals surface area contributed by atoms with Crippen LogP contribution in [0.3, 0.4) is 0 Å². The Morgan fingerprint density at radius 3 is 2.77 bits per heavy atom. The summed E-state index contributed by atoms with van der Waals surface area (Å²) in [6.07, 6.45) is 1.57. The Morgan fingerprint density at radius 2 is 2.00 bits per heavy atom. The highest BCUT2D eigenvalue weighted by Crippen LogP contribution is 2.21. The molecule has 1 amide bonds. The van der Waals surface area contributed by atoms with E-state index in [1.165, 1.54) is 13.2 Å². The average Bonchev–Trinajstić information content (AvgIpc) is 2.78. The summed E-state index contributed by atoms with van der Waals surface area (Å²) in [6.45, 7) is 0.459. The molecule has 3 N–H and O–H groups in total. The molecule has 1 heterocycles. The van der Waals surface area contributed by atoms with Crippen molar-refractivity contribution in [2.45, 2.75) is 13.2 Å². The number of hydrogen-bond acceptors (Lipinski definition) is 6. The number of carbonyl (C=O) groups excluding carboxylic acids is 1. The van der Waals surface area contributed by atoms with Crippen LogP contribution < -0.4 is 21.1 Å². The summed E-state index contributed by atoms with van der Waals surface area (Å²) in [5.74, 6) is 0.0832. The number of nitrogens with zero attached hydrogens (tertiary/aromatic N) is 1. The molecule has 0 saturated heterocycles. The molecule has 2 aromatic carbocycles. The van der Waals surface area contributed by atoms with Crippen LogP contribution >= 0.6 is 0 Å². The molecule has 152 valence electrons. The summed E-state index contributed by atoms with van der Waals surface area (Å²) in [6, 6.07) is 17.3. The van der Waals surface area contributed by atoms with Crippen LogP contribution in [0.5, 0.6) is 5.75 Å². The number of carbonyl (C=O) groups is 1. The fraction of sp³-hybridized carbons (Fsp3) is 0.136. The smallest absolute Gasteiger partial charge is 0.276 e. The van der Waals surface area contributed by atoms with E-state index < -0.39 is 5.91 Å². The molecule has 0 bridgehead atoms. The lowest BCUT2D eigenvalue weighted by Crippen LogP contribution is -2.24. The number of hydroxylamine groups is 1. The molecule has 0 saturated carbocycles. The van der Waals surface area contributed by atoms with Gasteiger partial charge in [0.15, 0.2) is 0 Å². The molecular formula is C22H20N4O4. The molecule has 3 rings (SSSR count). The number of H-pyrrole nitrogens is 1. The van der Waals surface area contributed by atoms with Gasteiger partial charge >= 0.3 is 0 Å². The van der Waals surface area contributed by atoms with E-state index in [4.69, 9.17) is 14.8 Å². The van der Waals surface area contributed by atoms with Crippen molar-refractivity contribution in [3.8, 4) is 11.8 Å². The van der Waals surface area contributed by atoms with Gasteiger partial charge in [0.05, 0.1) is 24.3 Å². The van der Waals surface area contributed by atoms with Crippen molar-refractivity contribution >= 4 is 11.6 Å². The molecule has 0 aliphatic rings. The second kappa shape index (κ2) is 9.91. The summed E-state index contributed by atoms with van der Waals surface area (Å²) in [5.41, 5.74) is 5.19. The molecular weight excluding hydrogens is 384 g/mol.